The van der Waals surface area contributed by atoms with Crippen LogP contribution in [0.3, 0.4) is 0 Å². The normalized spacial score (nSPS) is 10.1. The molecular formula is C9H12O5S. The van der Waals surface area contributed by atoms with Gasteiger partial charge in [0, 0.05) is 5.56 Å². The molecule has 0 spiro atoms. The number of ketones is 1. The average Bonchev–Trinajstić information content (AvgIpc) is 2.19. The van der Waals surface area contributed by atoms with Gasteiger partial charge in [0.05, 0.1) is 7.11 Å². The van der Waals surface area contributed by atoms with E-state index in [1.165, 1.54) is 0 Å². The topological polar surface area (TPSA) is 80.7 Å². The zero-order valence-electron chi connectivity index (χ0n) is 8.38. The Kier molecular flexibility index (Phi) is 5.76. The molecule has 1 aromatic carbocycles. The molecule has 0 aromatic heterocycles. The van der Waals surface area contributed by atoms with Gasteiger partial charge in [-0.05, 0) is 6.92 Å². The molecule has 0 aliphatic heterocycles. The Hall–Kier alpha value is -1.24. The van der Waals surface area contributed by atoms with Crippen molar-refractivity contribution in [3.8, 4) is 0 Å². The van der Waals surface area contributed by atoms with Crippen LogP contribution in [0.4, 0.5) is 0 Å². The minimum atomic E-state index is -4.16. The van der Waals surface area contributed by atoms with Crippen LogP contribution in [0.5, 0.6) is 0 Å². The van der Waals surface area contributed by atoms with Crippen LogP contribution in [0.15, 0.2) is 30.3 Å². The molecule has 0 aliphatic rings. The lowest BCUT2D eigenvalue weighted by molar-refractivity contribution is 0.101. The van der Waals surface area contributed by atoms with E-state index in [1.54, 1.807) is 6.92 Å². The molecule has 0 bridgehead atoms. The van der Waals surface area contributed by atoms with Crippen molar-refractivity contribution in [2.24, 2.45) is 0 Å². The van der Waals surface area contributed by atoms with E-state index in [1.807, 2.05) is 30.3 Å². The first-order chi connectivity index (χ1) is 6.87. The van der Waals surface area contributed by atoms with Gasteiger partial charge in [-0.2, -0.15) is 8.42 Å². The Balaban J connectivity index is 0.000000288. The summed E-state index contributed by atoms with van der Waals surface area (Å²) in [5.74, 6) is 0.121. The Morgan fingerprint density at radius 3 is 1.87 bits per heavy atom. The maximum atomic E-state index is 10.6. The van der Waals surface area contributed by atoms with Gasteiger partial charge in [-0.25, -0.2) is 0 Å². The van der Waals surface area contributed by atoms with Crippen molar-refractivity contribution in [1.29, 1.82) is 0 Å². The number of hydrogen-bond donors (Lipinski definition) is 1. The highest BCUT2D eigenvalue weighted by Crippen LogP contribution is 1.97. The number of rotatable bonds is 2. The van der Waals surface area contributed by atoms with Crippen LogP contribution in [-0.4, -0.2) is 25.9 Å². The zero-order chi connectivity index (χ0) is 11.9. The van der Waals surface area contributed by atoms with Crippen LogP contribution in [0.25, 0.3) is 0 Å². The molecule has 5 nitrogen and oxygen atoms in total. The van der Waals surface area contributed by atoms with Crippen LogP contribution >= 0.6 is 0 Å². The highest BCUT2D eigenvalue weighted by molar-refractivity contribution is 7.80. The Labute approximate surface area is 88.6 Å². The van der Waals surface area contributed by atoms with E-state index in [0.29, 0.717) is 0 Å². The molecule has 15 heavy (non-hydrogen) atoms. The number of carbonyl (C=O) groups excluding carboxylic acids is 1. The molecule has 0 atom stereocenters. The minimum absolute atomic E-state index is 0.121. The number of Topliss-reactive ketones (excluding diaryl/α,β-unsaturated/α-hetero) is 1. The molecule has 1 rings (SSSR count). The first-order valence-electron chi connectivity index (χ1n) is 3.96. The van der Waals surface area contributed by atoms with E-state index < -0.39 is 10.4 Å². The first-order valence-corrected chi connectivity index (χ1v) is 5.32. The van der Waals surface area contributed by atoms with Gasteiger partial charge >= 0.3 is 10.4 Å². The van der Waals surface area contributed by atoms with Gasteiger partial charge in [0.25, 0.3) is 0 Å². The third kappa shape index (κ3) is 7.80. The molecule has 0 unspecified atom stereocenters. The molecule has 0 radical (unpaired) electrons. The summed E-state index contributed by atoms with van der Waals surface area (Å²) in [4.78, 5) is 10.6. The van der Waals surface area contributed by atoms with Crippen LogP contribution in [-0.2, 0) is 14.6 Å². The molecule has 0 aliphatic carbocycles. The lowest BCUT2D eigenvalue weighted by Gasteiger charge is -1.89. The lowest BCUT2D eigenvalue weighted by Crippen LogP contribution is -1.96. The molecule has 0 saturated carbocycles. The zero-order valence-corrected chi connectivity index (χ0v) is 9.19. The smallest absolute Gasteiger partial charge is 0.295 e. The van der Waals surface area contributed by atoms with Gasteiger partial charge in [-0.1, -0.05) is 30.3 Å². The third-order valence-corrected chi connectivity index (χ3v) is 1.81. The Morgan fingerprint density at radius 1 is 1.27 bits per heavy atom. The molecule has 0 saturated heterocycles. The van der Waals surface area contributed by atoms with E-state index >= 15 is 0 Å². The Bertz CT molecular complexity index is 396. The standard InChI is InChI=1S/C8H8O.CH4O4S/c1-7(9)8-5-3-2-4-6-8;1-5-6(2,3)4/h2-6H,1H3;1H3,(H,2,3,4). The van der Waals surface area contributed by atoms with Crippen LogP contribution < -0.4 is 0 Å². The van der Waals surface area contributed by atoms with Gasteiger partial charge < -0.3 is 0 Å². The van der Waals surface area contributed by atoms with Crippen molar-refractivity contribution in [2.45, 2.75) is 6.92 Å². The van der Waals surface area contributed by atoms with E-state index in [2.05, 4.69) is 4.18 Å². The number of carbonyl (C=O) groups is 1. The van der Waals surface area contributed by atoms with Gasteiger partial charge in [0.1, 0.15) is 0 Å². The monoisotopic (exact) mass is 232 g/mol. The average molecular weight is 232 g/mol. The molecule has 84 valence electrons. The second kappa shape index (κ2) is 6.28. The molecule has 6 heteroatoms. The fourth-order valence-electron chi connectivity index (χ4n) is 0.673. The van der Waals surface area contributed by atoms with Crippen LogP contribution in [0.2, 0.25) is 0 Å². The maximum absolute atomic E-state index is 10.6. The van der Waals surface area contributed by atoms with E-state index in [0.717, 1.165) is 12.7 Å². The molecule has 1 N–H and O–H groups in total. The first kappa shape index (κ1) is 13.8. The van der Waals surface area contributed by atoms with Crippen LogP contribution in [0, 0.1) is 0 Å². The van der Waals surface area contributed by atoms with Crippen molar-refractivity contribution in [3.05, 3.63) is 35.9 Å². The van der Waals surface area contributed by atoms with Gasteiger partial charge in [-0.15, -0.1) is 0 Å². The van der Waals surface area contributed by atoms with Gasteiger partial charge in [-0.3, -0.25) is 13.5 Å². The summed E-state index contributed by atoms with van der Waals surface area (Å²) in [5, 5.41) is 0. The summed E-state index contributed by atoms with van der Waals surface area (Å²) in [6, 6.07) is 9.23. The van der Waals surface area contributed by atoms with Gasteiger partial charge in [0.15, 0.2) is 5.78 Å². The second-order valence-electron chi connectivity index (χ2n) is 2.52. The van der Waals surface area contributed by atoms with Gasteiger partial charge in [0.2, 0.25) is 0 Å². The maximum Gasteiger partial charge on any atom is 0.397 e. The molecule has 0 amide bonds. The highest BCUT2D eigenvalue weighted by atomic mass is 32.3. The molecular weight excluding hydrogens is 220 g/mol. The van der Waals surface area contributed by atoms with E-state index in [4.69, 9.17) is 4.55 Å². The van der Waals surface area contributed by atoms with E-state index in [-0.39, 0.29) is 5.78 Å². The van der Waals surface area contributed by atoms with Crippen molar-refractivity contribution in [3.63, 3.8) is 0 Å². The largest absolute Gasteiger partial charge is 0.397 e. The van der Waals surface area contributed by atoms with Crippen molar-refractivity contribution >= 4 is 16.2 Å². The summed E-state index contributed by atoms with van der Waals surface area (Å²) in [5.41, 5.74) is 0.775. The summed E-state index contributed by atoms with van der Waals surface area (Å²) >= 11 is 0. The summed E-state index contributed by atoms with van der Waals surface area (Å²) in [6.45, 7) is 1.56. The minimum Gasteiger partial charge on any atom is -0.295 e. The quantitative estimate of drug-likeness (QED) is 0.614. The molecule has 0 fully saturated rings. The lowest BCUT2D eigenvalue weighted by atomic mass is 10.2. The summed E-state index contributed by atoms with van der Waals surface area (Å²) < 4.78 is 29.7. The van der Waals surface area contributed by atoms with E-state index in [9.17, 15) is 13.2 Å². The summed E-state index contributed by atoms with van der Waals surface area (Å²) in [6.07, 6.45) is 0. The molecule has 1 aromatic rings. The fraction of sp³-hybridized carbons (Fsp3) is 0.222. The fourth-order valence-corrected chi connectivity index (χ4v) is 0.673. The SMILES string of the molecule is CC(=O)c1ccccc1.COS(=O)(=O)O. The number of benzene rings is 1. The highest BCUT2D eigenvalue weighted by Gasteiger charge is 1.94. The number of hydrogen-bond acceptors (Lipinski definition) is 4. The molecule has 0 heterocycles. The third-order valence-electron chi connectivity index (χ3n) is 1.39. The predicted octanol–water partition coefficient (Wildman–Crippen LogP) is 1.32. The van der Waals surface area contributed by atoms with Crippen molar-refractivity contribution in [1.82, 2.24) is 0 Å². The van der Waals surface area contributed by atoms with Crippen LogP contribution in [0.1, 0.15) is 17.3 Å². The van der Waals surface area contributed by atoms with Crippen molar-refractivity contribution in [2.75, 3.05) is 7.11 Å². The Morgan fingerprint density at radius 2 is 1.67 bits per heavy atom. The summed E-state index contributed by atoms with van der Waals surface area (Å²) in [7, 11) is -3.29. The predicted molar refractivity (Wildman–Crippen MR) is 55.0 cm³/mol. The van der Waals surface area contributed by atoms with Crippen molar-refractivity contribution < 1.29 is 21.9 Å². The second-order valence-corrected chi connectivity index (χ2v) is 3.71.